The van der Waals surface area contributed by atoms with E-state index in [-0.39, 0.29) is 11.8 Å². The van der Waals surface area contributed by atoms with Crippen molar-refractivity contribution in [3.63, 3.8) is 0 Å². The largest absolute Gasteiger partial charge is 0.416 e. The molecule has 3 aromatic rings. The van der Waals surface area contributed by atoms with Crippen molar-refractivity contribution in [2.24, 2.45) is 0 Å². The van der Waals surface area contributed by atoms with Crippen molar-refractivity contribution in [2.75, 3.05) is 13.1 Å². The molecule has 0 saturated carbocycles. The maximum absolute atomic E-state index is 12.7. The first kappa shape index (κ1) is 21.1. The van der Waals surface area contributed by atoms with Crippen molar-refractivity contribution in [3.8, 4) is 0 Å². The van der Waals surface area contributed by atoms with Crippen molar-refractivity contribution >= 4 is 5.91 Å². The van der Waals surface area contributed by atoms with E-state index in [2.05, 4.69) is 10.2 Å². The van der Waals surface area contributed by atoms with Crippen LogP contribution in [0.1, 0.15) is 57.3 Å². The van der Waals surface area contributed by atoms with Gasteiger partial charge in [0, 0.05) is 42.5 Å². The highest BCUT2D eigenvalue weighted by molar-refractivity contribution is 5.95. The van der Waals surface area contributed by atoms with Crippen LogP contribution in [0.4, 0.5) is 13.2 Å². The number of benzene rings is 1. The molecule has 4 rings (SSSR count). The molecule has 1 amide bonds. The Morgan fingerprint density at radius 1 is 1.13 bits per heavy atom. The molecule has 8 heteroatoms. The molecule has 31 heavy (non-hydrogen) atoms. The quantitative estimate of drug-likeness (QED) is 0.653. The molecule has 162 valence electrons. The maximum Gasteiger partial charge on any atom is 0.416 e. The van der Waals surface area contributed by atoms with Crippen LogP contribution in [0.3, 0.4) is 0 Å². The van der Waals surface area contributed by atoms with E-state index in [0.717, 1.165) is 47.6 Å². The number of carbonyl (C=O) groups is 1. The summed E-state index contributed by atoms with van der Waals surface area (Å²) < 4.78 is 38.2. The first-order chi connectivity index (χ1) is 14.8. The fourth-order valence-electron chi connectivity index (χ4n) is 3.96. The number of amides is 1. The van der Waals surface area contributed by atoms with E-state index in [0.29, 0.717) is 25.1 Å². The van der Waals surface area contributed by atoms with Gasteiger partial charge in [-0.15, -0.1) is 0 Å². The maximum atomic E-state index is 12.7. The van der Waals surface area contributed by atoms with E-state index in [1.165, 1.54) is 12.1 Å². The lowest BCUT2D eigenvalue weighted by atomic mass is 9.92. The van der Waals surface area contributed by atoms with Gasteiger partial charge in [0.05, 0.1) is 17.3 Å². The fraction of sp³-hybridized carbons (Fsp3) is 0.348. The molecule has 0 unspecified atom stereocenters. The summed E-state index contributed by atoms with van der Waals surface area (Å²) in [6, 6.07) is 11.0. The summed E-state index contributed by atoms with van der Waals surface area (Å²) in [4.78, 5) is 19.3. The number of nitrogens with zero attached hydrogens (tertiary/aromatic N) is 3. The number of piperidine rings is 1. The van der Waals surface area contributed by atoms with Crippen molar-refractivity contribution in [1.82, 2.24) is 20.1 Å². The lowest BCUT2D eigenvalue weighted by molar-refractivity contribution is -0.137. The number of aromatic nitrogens is 3. The zero-order valence-corrected chi connectivity index (χ0v) is 17.1. The Kier molecular flexibility index (Phi) is 5.80. The van der Waals surface area contributed by atoms with E-state index >= 15 is 0 Å². The molecule has 0 bridgehead atoms. The molecule has 3 heterocycles. The molecule has 2 aromatic heterocycles. The van der Waals surface area contributed by atoms with E-state index in [9.17, 15) is 18.0 Å². The summed E-state index contributed by atoms with van der Waals surface area (Å²) in [7, 11) is 0. The van der Waals surface area contributed by atoms with Crippen molar-refractivity contribution in [1.29, 1.82) is 0 Å². The lowest BCUT2D eigenvalue weighted by Gasteiger charge is -2.31. The third-order valence-electron chi connectivity index (χ3n) is 5.76. The number of aryl methyl sites for hydroxylation is 1. The fourth-order valence-corrected chi connectivity index (χ4v) is 3.96. The van der Waals surface area contributed by atoms with E-state index in [4.69, 9.17) is 4.98 Å². The van der Waals surface area contributed by atoms with E-state index < -0.39 is 11.7 Å². The summed E-state index contributed by atoms with van der Waals surface area (Å²) in [6.45, 7) is 3.14. The summed E-state index contributed by atoms with van der Waals surface area (Å²) in [6.07, 6.45) is -0.652. The van der Waals surface area contributed by atoms with Crippen LogP contribution in [0.25, 0.3) is 0 Å². The minimum Gasteiger partial charge on any atom is -0.338 e. The van der Waals surface area contributed by atoms with Crippen LogP contribution in [-0.2, 0) is 12.6 Å². The highest BCUT2D eigenvalue weighted by Gasteiger charge is 2.30. The van der Waals surface area contributed by atoms with Crippen molar-refractivity contribution in [2.45, 2.75) is 38.3 Å². The standard InChI is InChI=1S/C23H23F3N4O/c1-15-20(14-27-29-15)22(31)30-11-9-17(10-12-30)21-4-2-3-19(28-21)13-16-5-7-18(8-6-16)23(24,25)26/h2-8,14,17H,9-13H2,1H3,(H,27,29). The molecule has 1 aliphatic heterocycles. The van der Waals surface area contributed by atoms with Crippen molar-refractivity contribution in [3.05, 3.63) is 82.4 Å². The van der Waals surface area contributed by atoms with Gasteiger partial charge in [0.1, 0.15) is 0 Å². The molecule has 1 N–H and O–H groups in total. The number of hydrogen-bond donors (Lipinski definition) is 1. The van der Waals surface area contributed by atoms with Gasteiger partial charge in [-0.25, -0.2) is 0 Å². The average Bonchev–Trinajstić information content (AvgIpc) is 3.19. The van der Waals surface area contributed by atoms with E-state index in [1.807, 2.05) is 30.0 Å². The highest BCUT2D eigenvalue weighted by atomic mass is 19.4. The van der Waals surface area contributed by atoms with E-state index in [1.54, 1.807) is 6.20 Å². The van der Waals surface area contributed by atoms with Crippen LogP contribution in [0.2, 0.25) is 0 Å². The van der Waals surface area contributed by atoms with Crippen molar-refractivity contribution < 1.29 is 18.0 Å². The number of likely N-dealkylation sites (tertiary alicyclic amines) is 1. The SMILES string of the molecule is Cc1[nH]ncc1C(=O)N1CCC(c2cccc(Cc3ccc(C(F)(F)F)cc3)n2)CC1. The first-order valence-corrected chi connectivity index (χ1v) is 10.2. The minimum atomic E-state index is -4.33. The molecule has 5 nitrogen and oxygen atoms in total. The molecule has 1 saturated heterocycles. The molecular formula is C23H23F3N4O. The summed E-state index contributed by atoms with van der Waals surface area (Å²) in [5.41, 5.74) is 3.30. The molecule has 0 aliphatic carbocycles. The normalized spacial score (nSPS) is 15.3. The van der Waals surface area contributed by atoms with Gasteiger partial charge >= 0.3 is 6.18 Å². The number of halogens is 3. The van der Waals surface area contributed by atoms with Gasteiger partial charge in [-0.1, -0.05) is 18.2 Å². The van der Waals surface area contributed by atoms with Crippen LogP contribution in [0.15, 0.2) is 48.7 Å². The average molecular weight is 428 g/mol. The number of carbonyl (C=O) groups excluding carboxylic acids is 1. The summed E-state index contributed by atoms with van der Waals surface area (Å²) in [5, 5.41) is 6.72. The second-order valence-corrected chi connectivity index (χ2v) is 7.90. The minimum absolute atomic E-state index is 0.00582. The number of rotatable bonds is 4. The topological polar surface area (TPSA) is 61.9 Å². The molecular weight excluding hydrogens is 405 g/mol. The number of aromatic amines is 1. The second kappa shape index (κ2) is 8.53. The van der Waals surface area contributed by atoms with Gasteiger partial charge < -0.3 is 4.90 Å². The monoisotopic (exact) mass is 428 g/mol. The van der Waals surface area contributed by atoms with Gasteiger partial charge in [-0.05, 0) is 49.6 Å². The van der Waals surface area contributed by atoms with Gasteiger partial charge in [-0.2, -0.15) is 18.3 Å². The Balaban J connectivity index is 1.39. The zero-order valence-electron chi connectivity index (χ0n) is 17.1. The number of alkyl halides is 3. The van der Waals surface area contributed by atoms with Gasteiger partial charge in [0.15, 0.2) is 0 Å². The molecule has 1 fully saturated rings. The Labute approximate surface area is 178 Å². The smallest absolute Gasteiger partial charge is 0.338 e. The molecule has 1 aliphatic rings. The number of hydrogen-bond acceptors (Lipinski definition) is 3. The molecule has 1 aromatic carbocycles. The zero-order chi connectivity index (χ0) is 22.0. The Hall–Kier alpha value is -3.16. The highest BCUT2D eigenvalue weighted by Crippen LogP contribution is 2.30. The third-order valence-corrected chi connectivity index (χ3v) is 5.76. The summed E-state index contributed by atoms with van der Waals surface area (Å²) >= 11 is 0. The Morgan fingerprint density at radius 3 is 2.45 bits per heavy atom. The number of nitrogens with one attached hydrogen (secondary N) is 1. The third kappa shape index (κ3) is 4.78. The second-order valence-electron chi connectivity index (χ2n) is 7.90. The predicted octanol–water partition coefficient (Wildman–Crippen LogP) is 4.74. The predicted molar refractivity (Wildman–Crippen MR) is 110 cm³/mol. The molecule has 0 radical (unpaired) electrons. The lowest BCUT2D eigenvalue weighted by Crippen LogP contribution is -2.38. The van der Waals surface area contributed by atoms with Gasteiger partial charge in [-0.3, -0.25) is 14.9 Å². The summed E-state index contributed by atoms with van der Waals surface area (Å²) in [5.74, 6) is 0.246. The number of pyridine rings is 1. The Bertz CT molecular complexity index is 1050. The molecule has 0 atom stereocenters. The molecule has 0 spiro atoms. The van der Waals surface area contributed by atoms with Gasteiger partial charge in [0.25, 0.3) is 5.91 Å². The van der Waals surface area contributed by atoms with Crippen LogP contribution in [-0.4, -0.2) is 39.1 Å². The van der Waals surface area contributed by atoms with Crippen LogP contribution in [0, 0.1) is 6.92 Å². The number of H-pyrrole nitrogens is 1. The Morgan fingerprint density at radius 2 is 1.84 bits per heavy atom. The van der Waals surface area contributed by atoms with Crippen LogP contribution >= 0.6 is 0 Å². The first-order valence-electron chi connectivity index (χ1n) is 10.2. The van der Waals surface area contributed by atoms with Crippen LogP contribution in [0.5, 0.6) is 0 Å². The van der Waals surface area contributed by atoms with Crippen LogP contribution < -0.4 is 0 Å². The van der Waals surface area contributed by atoms with Gasteiger partial charge in [0.2, 0.25) is 0 Å².